The molecule has 2 heteroatoms. The predicted octanol–water partition coefficient (Wildman–Crippen LogP) is 1.57. The number of aliphatic hydroxyl groups excluding tert-OH is 1. The molecule has 2 nitrogen and oxygen atoms in total. The van der Waals surface area contributed by atoms with Gasteiger partial charge in [0.15, 0.2) is 0 Å². The maximum atomic E-state index is 9.62. The molecule has 0 radical (unpaired) electrons. The number of aliphatic hydroxyl groups is 1. The van der Waals surface area contributed by atoms with Crippen LogP contribution in [0.2, 0.25) is 0 Å². The van der Waals surface area contributed by atoms with Crippen molar-refractivity contribution in [2.45, 2.75) is 51.4 Å². The summed E-state index contributed by atoms with van der Waals surface area (Å²) in [6.07, 6.45) is 3.97. The first-order chi connectivity index (χ1) is 5.66. The summed E-state index contributed by atoms with van der Waals surface area (Å²) in [6, 6.07) is 0. The number of rotatable bonds is 2. The molecule has 0 spiro atoms. The van der Waals surface area contributed by atoms with Crippen molar-refractivity contribution in [2.75, 3.05) is 0 Å². The lowest BCUT2D eigenvalue weighted by atomic mass is 9.95. The Balaban J connectivity index is 1.93. The van der Waals surface area contributed by atoms with Gasteiger partial charge in [0, 0.05) is 5.92 Å². The van der Waals surface area contributed by atoms with E-state index in [1.165, 1.54) is 12.8 Å². The zero-order valence-corrected chi connectivity index (χ0v) is 7.86. The van der Waals surface area contributed by atoms with E-state index in [0.717, 1.165) is 12.3 Å². The third-order valence-corrected chi connectivity index (χ3v) is 3.16. The van der Waals surface area contributed by atoms with Crippen LogP contribution in [0.15, 0.2) is 0 Å². The highest BCUT2D eigenvalue weighted by molar-refractivity contribution is 4.96. The summed E-state index contributed by atoms with van der Waals surface area (Å²) in [5.74, 6) is 1.19. The molecule has 4 atom stereocenters. The van der Waals surface area contributed by atoms with E-state index in [1.807, 2.05) is 0 Å². The van der Waals surface area contributed by atoms with Crippen LogP contribution in [0.1, 0.15) is 33.1 Å². The standard InChI is InChI=1S/C10H18O2/c1-6(2)12-10-5-7-3-8(10)9(11)4-7/h6-11H,3-5H2,1-2H3. The molecule has 2 bridgehead atoms. The maximum Gasteiger partial charge on any atom is 0.0634 e. The molecule has 70 valence electrons. The minimum absolute atomic E-state index is 0.0764. The summed E-state index contributed by atoms with van der Waals surface area (Å²) in [7, 11) is 0. The van der Waals surface area contributed by atoms with Gasteiger partial charge in [-0.25, -0.2) is 0 Å². The van der Waals surface area contributed by atoms with Crippen molar-refractivity contribution in [1.82, 2.24) is 0 Å². The summed E-state index contributed by atoms with van der Waals surface area (Å²) in [5.41, 5.74) is 0. The second kappa shape index (κ2) is 3.00. The van der Waals surface area contributed by atoms with E-state index in [4.69, 9.17) is 4.74 Å². The average Bonchev–Trinajstić information content (AvgIpc) is 2.43. The molecular formula is C10H18O2. The highest BCUT2D eigenvalue weighted by atomic mass is 16.5. The van der Waals surface area contributed by atoms with Gasteiger partial charge in [-0.1, -0.05) is 0 Å². The lowest BCUT2D eigenvalue weighted by Gasteiger charge is -2.27. The second-order valence-corrected chi connectivity index (χ2v) is 4.53. The van der Waals surface area contributed by atoms with E-state index < -0.39 is 0 Å². The van der Waals surface area contributed by atoms with Gasteiger partial charge in [-0.2, -0.15) is 0 Å². The van der Waals surface area contributed by atoms with E-state index in [1.54, 1.807) is 0 Å². The molecule has 0 aromatic rings. The monoisotopic (exact) mass is 170 g/mol. The molecule has 2 aliphatic rings. The van der Waals surface area contributed by atoms with Gasteiger partial charge >= 0.3 is 0 Å². The Kier molecular flexibility index (Phi) is 2.13. The molecular weight excluding hydrogens is 152 g/mol. The van der Waals surface area contributed by atoms with Crippen LogP contribution < -0.4 is 0 Å². The summed E-state index contributed by atoms with van der Waals surface area (Å²) in [6.45, 7) is 4.14. The minimum Gasteiger partial charge on any atom is -0.393 e. The molecule has 4 unspecified atom stereocenters. The summed E-state index contributed by atoms with van der Waals surface area (Å²) in [5, 5.41) is 9.62. The van der Waals surface area contributed by atoms with Gasteiger partial charge < -0.3 is 9.84 Å². The van der Waals surface area contributed by atoms with Crippen molar-refractivity contribution in [3.63, 3.8) is 0 Å². The van der Waals surface area contributed by atoms with E-state index in [-0.39, 0.29) is 6.10 Å². The van der Waals surface area contributed by atoms with Gasteiger partial charge in [0.1, 0.15) is 0 Å². The first-order valence-corrected chi connectivity index (χ1v) is 5.00. The molecule has 0 amide bonds. The normalized spacial score (nSPS) is 46.0. The molecule has 0 aromatic carbocycles. The zero-order chi connectivity index (χ0) is 8.72. The van der Waals surface area contributed by atoms with E-state index >= 15 is 0 Å². The molecule has 0 heterocycles. The largest absolute Gasteiger partial charge is 0.393 e. The molecule has 1 N–H and O–H groups in total. The highest BCUT2D eigenvalue weighted by Crippen LogP contribution is 2.46. The van der Waals surface area contributed by atoms with Crippen LogP contribution in [-0.2, 0) is 4.74 Å². The Bertz CT molecular complexity index is 167. The zero-order valence-electron chi connectivity index (χ0n) is 7.86. The van der Waals surface area contributed by atoms with Crippen molar-refractivity contribution in [3.05, 3.63) is 0 Å². The van der Waals surface area contributed by atoms with Crippen LogP contribution in [0, 0.1) is 11.8 Å². The van der Waals surface area contributed by atoms with Gasteiger partial charge in [0.05, 0.1) is 18.3 Å². The topological polar surface area (TPSA) is 29.5 Å². The summed E-state index contributed by atoms with van der Waals surface area (Å²) in [4.78, 5) is 0. The molecule has 2 aliphatic carbocycles. The fourth-order valence-corrected chi connectivity index (χ4v) is 2.76. The van der Waals surface area contributed by atoms with Gasteiger partial charge in [-0.3, -0.25) is 0 Å². The molecule has 12 heavy (non-hydrogen) atoms. The average molecular weight is 170 g/mol. The first-order valence-electron chi connectivity index (χ1n) is 5.00. The molecule has 2 fully saturated rings. The molecule has 0 aromatic heterocycles. The summed E-state index contributed by atoms with van der Waals surface area (Å²) >= 11 is 0. The van der Waals surface area contributed by atoms with Crippen molar-refractivity contribution < 1.29 is 9.84 Å². The fourth-order valence-electron chi connectivity index (χ4n) is 2.76. The number of hydrogen-bond acceptors (Lipinski definition) is 2. The first kappa shape index (κ1) is 8.52. The molecule has 0 aliphatic heterocycles. The lowest BCUT2D eigenvalue weighted by molar-refractivity contribution is -0.0575. The van der Waals surface area contributed by atoms with E-state index in [0.29, 0.717) is 18.1 Å². The van der Waals surface area contributed by atoms with Crippen LogP contribution in [0.3, 0.4) is 0 Å². The van der Waals surface area contributed by atoms with Crippen LogP contribution >= 0.6 is 0 Å². The van der Waals surface area contributed by atoms with E-state index in [2.05, 4.69) is 13.8 Å². The highest BCUT2D eigenvalue weighted by Gasteiger charge is 2.46. The Morgan fingerprint density at radius 1 is 1.25 bits per heavy atom. The Labute approximate surface area is 73.9 Å². The molecule has 0 saturated heterocycles. The number of fused-ring (bicyclic) bond motifs is 2. The minimum atomic E-state index is -0.0764. The third kappa shape index (κ3) is 1.38. The Morgan fingerprint density at radius 3 is 2.50 bits per heavy atom. The predicted molar refractivity (Wildman–Crippen MR) is 46.8 cm³/mol. The second-order valence-electron chi connectivity index (χ2n) is 4.53. The van der Waals surface area contributed by atoms with Gasteiger partial charge in [0.2, 0.25) is 0 Å². The van der Waals surface area contributed by atoms with Crippen molar-refractivity contribution in [2.24, 2.45) is 11.8 Å². The van der Waals surface area contributed by atoms with Crippen molar-refractivity contribution >= 4 is 0 Å². The lowest BCUT2D eigenvalue weighted by Crippen LogP contribution is -2.32. The van der Waals surface area contributed by atoms with Crippen LogP contribution in [0.25, 0.3) is 0 Å². The number of hydrogen-bond donors (Lipinski definition) is 1. The third-order valence-electron chi connectivity index (χ3n) is 3.16. The molecule has 2 saturated carbocycles. The molecule has 2 rings (SSSR count). The van der Waals surface area contributed by atoms with Gasteiger partial charge in [-0.15, -0.1) is 0 Å². The smallest absolute Gasteiger partial charge is 0.0634 e. The Hall–Kier alpha value is -0.0800. The van der Waals surface area contributed by atoms with Crippen LogP contribution in [0.4, 0.5) is 0 Å². The van der Waals surface area contributed by atoms with E-state index in [9.17, 15) is 5.11 Å². The number of ether oxygens (including phenoxy) is 1. The summed E-state index contributed by atoms with van der Waals surface area (Å²) < 4.78 is 5.76. The van der Waals surface area contributed by atoms with Crippen molar-refractivity contribution in [1.29, 1.82) is 0 Å². The van der Waals surface area contributed by atoms with Gasteiger partial charge in [0.25, 0.3) is 0 Å². The fraction of sp³-hybridized carbons (Fsp3) is 1.00. The SMILES string of the molecule is CC(C)OC1CC2CC(O)C1C2. The van der Waals surface area contributed by atoms with Gasteiger partial charge in [-0.05, 0) is 39.0 Å². The van der Waals surface area contributed by atoms with Crippen LogP contribution in [-0.4, -0.2) is 23.4 Å². The van der Waals surface area contributed by atoms with Crippen LogP contribution in [0.5, 0.6) is 0 Å². The quantitative estimate of drug-likeness (QED) is 0.681. The Morgan fingerprint density at radius 2 is 2.00 bits per heavy atom. The maximum absolute atomic E-state index is 9.62. The van der Waals surface area contributed by atoms with Crippen molar-refractivity contribution in [3.8, 4) is 0 Å².